The molecule has 0 unspecified atom stereocenters. The molecule has 0 bridgehead atoms. The summed E-state index contributed by atoms with van der Waals surface area (Å²) in [5.41, 5.74) is 0. The van der Waals surface area contributed by atoms with Gasteiger partial charge in [0.1, 0.15) is 0 Å². The van der Waals surface area contributed by atoms with Crippen molar-refractivity contribution in [1.82, 2.24) is 4.72 Å². The molecule has 1 aliphatic carbocycles. The van der Waals surface area contributed by atoms with E-state index in [1.54, 1.807) is 13.0 Å². The number of thiophene rings is 1. The summed E-state index contributed by atoms with van der Waals surface area (Å²) in [7, 11) is -3.46. The highest BCUT2D eigenvalue weighted by molar-refractivity contribution is 7.89. The zero-order valence-corrected chi connectivity index (χ0v) is 14.4. The summed E-state index contributed by atoms with van der Waals surface area (Å²) < 4.78 is 27.8. The first kappa shape index (κ1) is 16.9. The Balaban J connectivity index is 2.00. The van der Waals surface area contributed by atoms with E-state index in [4.69, 9.17) is 5.11 Å². The van der Waals surface area contributed by atoms with Crippen molar-refractivity contribution >= 4 is 21.4 Å². The van der Waals surface area contributed by atoms with Crippen molar-refractivity contribution < 1.29 is 13.5 Å². The van der Waals surface area contributed by atoms with Gasteiger partial charge >= 0.3 is 0 Å². The molecular formula is C15H25NO3S2. The number of rotatable bonds is 6. The zero-order chi connectivity index (χ0) is 15.5. The van der Waals surface area contributed by atoms with E-state index in [0.717, 1.165) is 36.5 Å². The molecule has 1 saturated carbocycles. The molecule has 1 aromatic rings. The van der Waals surface area contributed by atoms with Crippen LogP contribution in [0.2, 0.25) is 0 Å². The second kappa shape index (κ2) is 7.22. The Kier molecular flexibility index (Phi) is 5.82. The molecule has 0 aromatic carbocycles. The largest absolute Gasteiger partial charge is 0.391 e. The van der Waals surface area contributed by atoms with E-state index in [1.807, 2.05) is 0 Å². The molecule has 1 heterocycles. The summed E-state index contributed by atoms with van der Waals surface area (Å²) in [6.07, 6.45) is 6.55. The van der Waals surface area contributed by atoms with Gasteiger partial charge in [0, 0.05) is 15.8 Å². The summed E-state index contributed by atoms with van der Waals surface area (Å²) in [6, 6.07) is 1.64. The maximum atomic E-state index is 12.5. The molecule has 2 N–H and O–H groups in total. The molecule has 0 radical (unpaired) electrons. The van der Waals surface area contributed by atoms with Gasteiger partial charge in [-0.1, -0.05) is 19.8 Å². The molecule has 4 nitrogen and oxygen atoms in total. The molecule has 1 fully saturated rings. The lowest BCUT2D eigenvalue weighted by molar-refractivity contribution is 0.285. The second-order valence-corrected chi connectivity index (χ2v) is 8.94. The molecule has 0 saturated heterocycles. The summed E-state index contributed by atoms with van der Waals surface area (Å²) in [5, 5.41) is 9.14. The third-order valence-corrected chi connectivity index (χ3v) is 7.05. The van der Waals surface area contributed by atoms with Gasteiger partial charge in [0.05, 0.1) is 11.5 Å². The van der Waals surface area contributed by atoms with E-state index in [-0.39, 0.29) is 12.6 Å². The fourth-order valence-electron chi connectivity index (χ4n) is 3.13. The van der Waals surface area contributed by atoms with Crippen LogP contribution in [-0.2, 0) is 16.6 Å². The van der Waals surface area contributed by atoms with Crippen molar-refractivity contribution in [2.75, 3.05) is 0 Å². The topological polar surface area (TPSA) is 66.4 Å². The SMILES string of the molecule is CCCC1CCC(NS(=O)(=O)c2cc(CO)sc2C)CC1. The Morgan fingerprint density at radius 2 is 2.00 bits per heavy atom. The molecule has 6 heteroatoms. The van der Waals surface area contributed by atoms with Crippen molar-refractivity contribution in [2.24, 2.45) is 5.92 Å². The molecule has 1 aromatic heterocycles. The minimum atomic E-state index is -3.46. The van der Waals surface area contributed by atoms with Gasteiger partial charge in [-0.3, -0.25) is 0 Å². The Bertz CT molecular complexity index is 557. The van der Waals surface area contributed by atoms with Crippen LogP contribution in [0, 0.1) is 12.8 Å². The third kappa shape index (κ3) is 4.28. The van der Waals surface area contributed by atoms with Crippen molar-refractivity contribution in [3.8, 4) is 0 Å². The number of sulfonamides is 1. The van der Waals surface area contributed by atoms with Crippen molar-refractivity contribution in [1.29, 1.82) is 0 Å². The number of hydrogen-bond donors (Lipinski definition) is 2. The number of aliphatic hydroxyl groups is 1. The maximum absolute atomic E-state index is 12.5. The lowest BCUT2D eigenvalue weighted by Gasteiger charge is -2.28. The van der Waals surface area contributed by atoms with E-state index in [9.17, 15) is 8.42 Å². The molecule has 1 aliphatic rings. The van der Waals surface area contributed by atoms with Gasteiger partial charge in [-0.2, -0.15) is 0 Å². The highest BCUT2D eigenvalue weighted by Crippen LogP contribution is 2.30. The first-order chi connectivity index (χ1) is 9.96. The van der Waals surface area contributed by atoms with Gasteiger partial charge in [-0.25, -0.2) is 13.1 Å². The van der Waals surface area contributed by atoms with Crippen LogP contribution in [0.5, 0.6) is 0 Å². The van der Waals surface area contributed by atoms with Gasteiger partial charge in [0.15, 0.2) is 0 Å². The minimum Gasteiger partial charge on any atom is -0.391 e. The molecule has 0 amide bonds. The molecule has 2 rings (SSSR count). The van der Waals surface area contributed by atoms with E-state index in [1.165, 1.54) is 24.2 Å². The molecule has 21 heavy (non-hydrogen) atoms. The number of hydrogen-bond acceptors (Lipinski definition) is 4. The monoisotopic (exact) mass is 331 g/mol. The Morgan fingerprint density at radius 1 is 1.33 bits per heavy atom. The van der Waals surface area contributed by atoms with Gasteiger partial charge < -0.3 is 5.11 Å². The van der Waals surface area contributed by atoms with E-state index < -0.39 is 10.0 Å². The highest BCUT2D eigenvalue weighted by Gasteiger charge is 2.27. The predicted octanol–water partition coefficient (Wildman–Crippen LogP) is 3.19. The highest BCUT2D eigenvalue weighted by atomic mass is 32.2. The first-order valence-electron chi connectivity index (χ1n) is 7.68. The Morgan fingerprint density at radius 3 is 2.52 bits per heavy atom. The van der Waals surface area contributed by atoms with Gasteiger partial charge in [0.2, 0.25) is 10.0 Å². The normalized spacial score (nSPS) is 23.4. The Labute approximate surface area is 131 Å². The average molecular weight is 332 g/mol. The van der Waals surface area contributed by atoms with Gasteiger partial charge in [-0.05, 0) is 44.6 Å². The second-order valence-electron chi connectivity index (χ2n) is 5.92. The summed E-state index contributed by atoms with van der Waals surface area (Å²) in [5.74, 6) is 0.764. The number of nitrogens with one attached hydrogen (secondary N) is 1. The summed E-state index contributed by atoms with van der Waals surface area (Å²) in [6.45, 7) is 3.88. The van der Waals surface area contributed by atoms with Gasteiger partial charge in [0.25, 0.3) is 0 Å². The first-order valence-corrected chi connectivity index (χ1v) is 9.98. The fraction of sp³-hybridized carbons (Fsp3) is 0.733. The van der Waals surface area contributed by atoms with Crippen LogP contribution in [0.4, 0.5) is 0 Å². The van der Waals surface area contributed by atoms with Crippen LogP contribution in [0.3, 0.4) is 0 Å². The fourth-order valence-corrected chi connectivity index (χ4v) is 5.93. The van der Waals surface area contributed by atoms with Crippen molar-refractivity contribution in [3.63, 3.8) is 0 Å². The maximum Gasteiger partial charge on any atom is 0.241 e. The molecule has 0 aliphatic heterocycles. The molecule has 0 spiro atoms. The lowest BCUT2D eigenvalue weighted by Crippen LogP contribution is -2.37. The summed E-state index contributed by atoms with van der Waals surface area (Å²) in [4.78, 5) is 1.76. The smallest absolute Gasteiger partial charge is 0.241 e. The van der Waals surface area contributed by atoms with Crippen LogP contribution in [0.15, 0.2) is 11.0 Å². The number of aryl methyl sites for hydroxylation is 1. The zero-order valence-electron chi connectivity index (χ0n) is 12.8. The van der Waals surface area contributed by atoms with E-state index >= 15 is 0 Å². The lowest BCUT2D eigenvalue weighted by atomic mass is 9.84. The molecule has 0 atom stereocenters. The van der Waals surface area contributed by atoms with Crippen molar-refractivity contribution in [2.45, 2.75) is 69.9 Å². The number of aliphatic hydroxyl groups excluding tert-OH is 1. The predicted molar refractivity (Wildman–Crippen MR) is 86.0 cm³/mol. The summed E-state index contributed by atoms with van der Waals surface area (Å²) >= 11 is 1.34. The third-order valence-electron chi connectivity index (χ3n) is 4.23. The minimum absolute atomic E-state index is 0.0555. The molecule has 120 valence electrons. The standard InChI is InChI=1S/C15H25NO3S2/c1-3-4-12-5-7-13(8-6-12)16-21(18,19)15-9-14(10-17)20-11(15)2/h9,12-13,16-17H,3-8,10H2,1-2H3. The van der Waals surface area contributed by atoms with E-state index in [0.29, 0.717) is 9.77 Å². The van der Waals surface area contributed by atoms with Crippen LogP contribution >= 0.6 is 11.3 Å². The van der Waals surface area contributed by atoms with Crippen LogP contribution in [0.25, 0.3) is 0 Å². The quantitative estimate of drug-likeness (QED) is 0.841. The van der Waals surface area contributed by atoms with Gasteiger partial charge in [-0.15, -0.1) is 11.3 Å². The van der Waals surface area contributed by atoms with Crippen LogP contribution in [0.1, 0.15) is 55.2 Å². The van der Waals surface area contributed by atoms with Crippen LogP contribution in [-0.4, -0.2) is 19.6 Å². The molecular weight excluding hydrogens is 306 g/mol. The van der Waals surface area contributed by atoms with Crippen LogP contribution < -0.4 is 4.72 Å². The Hall–Kier alpha value is -0.430. The average Bonchev–Trinajstić information content (AvgIpc) is 2.83. The van der Waals surface area contributed by atoms with E-state index in [2.05, 4.69) is 11.6 Å². The van der Waals surface area contributed by atoms with Crippen molar-refractivity contribution in [3.05, 3.63) is 15.8 Å².